The summed E-state index contributed by atoms with van der Waals surface area (Å²) in [6.07, 6.45) is 9.42. The fourth-order valence-corrected chi connectivity index (χ4v) is 6.13. The van der Waals surface area contributed by atoms with Crippen LogP contribution in [0.1, 0.15) is 75.3 Å². The van der Waals surface area contributed by atoms with E-state index >= 15 is 0 Å². The number of aliphatic hydroxyl groups excluding tert-OH is 1. The predicted octanol–water partition coefficient (Wildman–Crippen LogP) is 4.78. The van der Waals surface area contributed by atoms with E-state index in [-0.39, 0.29) is 11.5 Å². The molecule has 0 saturated heterocycles. The van der Waals surface area contributed by atoms with Crippen LogP contribution in [0.5, 0.6) is 5.75 Å². The van der Waals surface area contributed by atoms with E-state index in [0.29, 0.717) is 23.5 Å². The highest BCUT2D eigenvalue weighted by Crippen LogP contribution is 2.62. The molecule has 2 fully saturated rings. The molecule has 2 N–H and O–H groups in total. The third-order valence-corrected chi connectivity index (χ3v) is 7.30. The van der Waals surface area contributed by atoms with Gasteiger partial charge in [-0.15, -0.1) is 11.8 Å². The van der Waals surface area contributed by atoms with Crippen LogP contribution in [0, 0.1) is 29.1 Å². The summed E-state index contributed by atoms with van der Waals surface area (Å²) in [5.41, 5.74) is 2.84. The van der Waals surface area contributed by atoms with Gasteiger partial charge in [0.1, 0.15) is 5.75 Å². The largest absolute Gasteiger partial charge is 0.508 e. The number of rotatable bonds is 2. The van der Waals surface area contributed by atoms with E-state index in [1.807, 2.05) is 12.1 Å². The molecule has 3 aliphatic carbocycles. The number of hydrogen-bond donors (Lipinski definition) is 2. The van der Waals surface area contributed by atoms with Crippen molar-refractivity contribution in [3.63, 3.8) is 0 Å². The number of unbranched alkanes of at least 4 members (excludes halogenated alkanes) is 1. The molecule has 0 aromatic heterocycles. The van der Waals surface area contributed by atoms with Crippen molar-refractivity contribution in [2.45, 2.75) is 76.7 Å². The minimum atomic E-state index is -0.171. The van der Waals surface area contributed by atoms with Gasteiger partial charge in [-0.05, 0) is 86.0 Å². The van der Waals surface area contributed by atoms with Crippen molar-refractivity contribution in [2.24, 2.45) is 17.3 Å². The third-order valence-electron chi connectivity index (χ3n) is 7.30. The molecule has 1 aromatic rings. The number of benzene rings is 1. The molecule has 0 aliphatic heterocycles. The minimum Gasteiger partial charge on any atom is -0.508 e. The molecule has 0 spiro atoms. The van der Waals surface area contributed by atoms with Gasteiger partial charge in [0, 0.05) is 18.3 Å². The van der Waals surface area contributed by atoms with Crippen molar-refractivity contribution in [3.8, 4) is 17.6 Å². The Morgan fingerprint density at radius 2 is 2.04 bits per heavy atom. The second-order valence-corrected chi connectivity index (χ2v) is 8.44. The lowest BCUT2D eigenvalue weighted by atomic mass is 9.54. The molecule has 0 heterocycles. The molecule has 0 bridgehead atoms. The average Bonchev–Trinajstić information content (AvgIpc) is 2.95. The SMILES string of the molecule is CCCC#CC[C@]12CC[C@@H]3c4ccc(O)cc4CC[C@H]3[C@@H]1CC[C@@H]2O. The standard InChI is InChI=1S/C23H30O2/c1-2-3-4-5-13-23-14-12-19-18-9-7-17(24)15-16(18)6-8-20(19)21(23)10-11-22(23)25/h7,9,15,19-22,24-25H,2-3,6,8,10-14H2,1H3/t19-,20-,21+,22+,23+/m1/s1. The molecule has 134 valence electrons. The zero-order valence-electron chi connectivity index (χ0n) is 15.3. The van der Waals surface area contributed by atoms with Gasteiger partial charge in [0.2, 0.25) is 0 Å². The van der Waals surface area contributed by atoms with Gasteiger partial charge in [-0.1, -0.05) is 13.0 Å². The molecule has 25 heavy (non-hydrogen) atoms. The van der Waals surface area contributed by atoms with E-state index in [9.17, 15) is 10.2 Å². The van der Waals surface area contributed by atoms with Crippen LogP contribution in [0.3, 0.4) is 0 Å². The lowest BCUT2D eigenvalue weighted by molar-refractivity contribution is -0.0331. The molecular weight excluding hydrogens is 308 g/mol. The molecule has 5 atom stereocenters. The number of aromatic hydroxyl groups is 1. The summed E-state index contributed by atoms with van der Waals surface area (Å²) in [4.78, 5) is 0. The Kier molecular flexibility index (Phi) is 4.54. The van der Waals surface area contributed by atoms with Crippen LogP contribution in [0.2, 0.25) is 0 Å². The highest BCUT2D eigenvalue weighted by atomic mass is 16.3. The maximum Gasteiger partial charge on any atom is 0.115 e. The van der Waals surface area contributed by atoms with E-state index in [1.165, 1.54) is 17.5 Å². The van der Waals surface area contributed by atoms with Crippen LogP contribution in [0.25, 0.3) is 0 Å². The summed E-state index contributed by atoms with van der Waals surface area (Å²) >= 11 is 0. The van der Waals surface area contributed by atoms with Crippen molar-refractivity contribution in [2.75, 3.05) is 0 Å². The number of fused-ring (bicyclic) bond motifs is 5. The zero-order chi connectivity index (χ0) is 17.4. The molecule has 2 heteroatoms. The molecule has 3 aliphatic rings. The number of aryl methyl sites for hydroxylation is 1. The van der Waals surface area contributed by atoms with Crippen LogP contribution in [-0.2, 0) is 6.42 Å². The molecule has 4 rings (SSSR count). The van der Waals surface area contributed by atoms with E-state index in [1.54, 1.807) is 0 Å². The van der Waals surface area contributed by atoms with E-state index in [4.69, 9.17) is 0 Å². The number of hydrogen-bond acceptors (Lipinski definition) is 2. The lowest BCUT2D eigenvalue weighted by Crippen LogP contribution is -2.45. The normalized spacial score (nSPS) is 35.9. The first kappa shape index (κ1) is 17.0. The Labute approximate surface area is 151 Å². The van der Waals surface area contributed by atoms with Crippen LogP contribution in [0.15, 0.2) is 18.2 Å². The van der Waals surface area contributed by atoms with Crippen molar-refractivity contribution < 1.29 is 10.2 Å². The Hall–Kier alpha value is -1.46. The molecular formula is C23H30O2. The van der Waals surface area contributed by atoms with E-state index in [2.05, 4.69) is 24.8 Å². The quantitative estimate of drug-likeness (QED) is 0.762. The fraction of sp³-hybridized carbons (Fsp3) is 0.652. The van der Waals surface area contributed by atoms with Crippen LogP contribution < -0.4 is 0 Å². The molecule has 0 amide bonds. The Morgan fingerprint density at radius 1 is 1.16 bits per heavy atom. The third kappa shape index (κ3) is 2.77. The predicted molar refractivity (Wildman–Crippen MR) is 100 cm³/mol. The minimum absolute atomic E-state index is 0.0380. The Morgan fingerprint density at radius 3 is 2.88 bits per heavy atom. The lowest BCUT2D eigenvalue weighted by Gasteiger charge is -2.51. The molecule has 2 saturated carbocycles. The van der Waals surface area contributed by atoms with Gasteiger partial charge in [0.15, 0.2) is 0 Å². The molecule has 2 nitrogen and oxygen atoms in total. The summed E-state index contributed by atoms with van der Waals surface area (Å²) in [5, 5.41) is 20.7. The van der Waals surface area contributed by atoms with Crippen LogP contribution >= 0.6 is 0 Å². The van der Waals surface area contributed by atoms with Crippen molar-refractivity contribution in [1.82, 2.24) is 0 Å². The summed E-state index contributed by atoms with van der Waals surface area (Å²) in [6.45, 7) is 2.17. The Balaban J connectivity index is 1.62. The molecule has 0 unspecified atom stereocenters. The fourth-order valence-electron chi connectivity index (χ4n) is 6.13. The van der Waals surface area contributed by atoms with Gasteiger partial charge < -0.3 is 10.2 Å². The van der Waals surface area contributed by atoms with Gasteiger partial charge >= 0.3 is 0 Å². The second-order valence-electron chi connectivity index (χ2n) is 8.44. The maximum atomic E-state index is 10.9. The topological polar surface area (TPSA) is 40.5 Å². The summed E-state index contributed by atoms with van der Waals surface area (Å²) in [6, 6.07) is 5.97. The van der Waals surface area contributed by atoms with Crippen molar-refractivity contribution in [1.29, 1.82) is 0 Å². The van der Waals surface area contributed by atoms with Gasteiger partial charge in [-0.25, -0.2) is 0 Å². The highest BCUT2D eigenvalue weighted by molar-refractivity contribution is 5.40. The number of phenolic OH excluding ortho intramolecular Hbond substituents is 1. The monoisotopic (exact) mass is 338 g/mol. The van der Waals surface area contributed by atoms with Gasteiger partial charge in [-0.2, -0.15) is 0 Å². The smallest absolute Gasteiger partial charge is 0.115 e. The summed E-state index contributed by atoms with van der Waals surface area (Å²) in [5.74, 6) is 9.03. The first-order chi connectivity index (χ1) is 12.2. The first-order valence-corrected chi connectivity index (χ1v) is 10.1. The van der Waals surface area contributed by atoms with E-state index in [0.717, 1.165) is 51.4 Å². The van der Waals surface area contributed by atoms with Gasteiger partial charge in [-0.3, -0.25) is 0 Å². The van der Waals surface area contributed by atoms with Crippen LogP contribution in [0.4, 0.5) is 0 Å². The van der Waals surface area contributed by atoms with E-state index < -0.39 is 0 Å². The molecule has 1 aromatic carbocycles. The summed E-state index contributed by atoms with van der Waals surface area (Å²) in [7, 11) is 0. The van der Waals surface area contributed by atoms with Crippen LogP contribution in [-0.4, -0.2) is 16.3 Å². The summed E-state index contributed by atoms with van der Waals surface area (Å²) < 4.78 is 0. The molecule has 0 radical (unpaired) electrons. The second kappa shape index (κ2) is 6.69. The highest BCUT2D eigenvalue weighted by Gasteiger charge is 2.56. The Bertz CT molecular complexity index is 698. The van der Waals surface area contributed by atoms with Crippen molar-refractivity contribution >= 4 is 0 Å². The zero-order valence-corrected chi connectivity index (χ0v) is 15.3. The van der Waals surface area contributed by atoms with Crippen molar-refractivity contribution in [3.05, 3.63) is 29.3 Å². The van der Waals surface area contributed by atoms with Gasteiger partial charge in [0.05, 0.1) is 6.10 Å². The average molecular weight is 338 g/mol. The maximum absolute atomic E-state index is 10.9. The van der Waals surface area contributed by atoms with Gasteiger partial charge in [0.25, 0.3) is 0 Å². The first-order valence-electron chi connectivity index (χ1n) is 10.1. The number of aliphatic hydroxyl groups is 1. The number of phenols is 1.